The molecule has 8 nitrogen and oxygen atoms in total. The Morgan fingerprint density at radius 2 is 1.92 bits per heavy atom. The Labute approximate surface area is 151 Å². The fourth-order valence-corrected chi connectivity index (χ4v) is 2.49. The molecule has 2 rings (SSSR count). The first-order valence-electron chi connectivity index (χ1n) is 8.34. The Morgan fingerprint density at radius 3 is 2.50 bits per heavy atom. The number of aryl methyl sites for hydroxylation is 1. The summed E-state index contributed by atoms with van der Waals surface area (Å²) in [6.45, 7) is 5.81. The van der Waals surface area contributed by atoms with Gasteiger partial charge in [-0.05, 0) is 32.1 Å². The fourth-order valence-electron chi connectivity index (χ4n) is 2.49. The molecule has 138 valence electrons. The topological polar surface area (TPSA) is 89.2 Å². The normalized spacial score (nSPS) is 10.9. The van der Waals surface area contributed by atoms with Crippen molar-refractivity contribution >= 4 is 23.5 Å². The van der Waals surface area contributed by atoms with E-state index in [4.69, 9.17) is 0 Å². The third kappa shape index (κ3) is 4.27. The SMILES string of the molecule is CCN(CC)c1ccc(NC(=O)C=Cc2cn(C)c(=O)n(C)c2=O)cn1. The third-order valence-corrected chi connectivity index (χ3v) is 3.99. The summed E-state index contributed by atoms with van der Waals surface area (Å²) in [5.74, 6) is 0.454. The number of hydrogen-bond acceptors (Lipinski definition) is 5. The number of nitrogens with zero attached hydrogens (tertiary/aromatic N) is 4. The van der Waals surface area contributed by atoms with E-state index in [-0.39, 0.29) is 5.56 Å². The first-order chi connectivity index (χ1) is 12.4. The summed E-state index contributed by atoms with van der Waals surface area (Å²) in [4.78, 5) is 42.2. The summed E-state index contributed by atoms with van der Waals surface area (Å²) < 4.78 is 2.28. The summed E-state index contributed by atoms with van der Waals surface area (Å²) in [6.07, 6.45) is 5.62. The minimum Gasteiger partial charge on any atom is -0.357 e. The molecule has 0 aliphatic carbocycles. The molecule has 2 aromatic heterocycles. The van der Waals surface area contributed by atoms with Crippen molar-refractivity contribution in [3.05, 3.63) is 57.0 Å². The number of nitrogens with one attached hydrogen (secondary N) is 1. The number of amides is 1. The summed E-state index contributed by atoms with van der Waals surface area (Å²) in [5.41, 5.74) is -0.0676. The molecule has 8 heteroatoms. The van der Waals surface area contributed by atoms with Crippen LogP contribution >= 0.6 is 0 Å². The molecule has 0 saturated heterocycles. The lowest BCUT2D eigenvalue weighted by Gasteiger charge is -2.19. The van der Waals surface area contributed by atoms with Crippen molar-refractivity contribution in [3.63, 3.8) is 0 Å². The Kier molecular flexibility index (Phi) is 6.11. The molecule has 0 aliphatic heterocycles. The molecular weight excluding hydrogens is 334 g/mol. The monoisotopic (exact) mass is 357 g/mol. The highest BCUT2D eigenvalue weighted by Crippen LogP contribution is 2.13. The van der Waals surface area contributed by atoms with Gasteiger partial charge in [-0.25, -0.2) is 9.78 Å². The number of rotatable bonds is 6. The zero-order valence-corrected chi connectivity index (χ0v) is 15.4. The predicted molar refractivity (Wildman–Crippen MR) is 102 cm³/mol. The first kappa shape index (κ1) is 19.2. The van der Waals surface area contributed by atoms with Crippen LogP contribution in [-0.2, 0) is 18.9 Å². The maximum Gasteiger partial charge on any atom is 0.330 e. The zero-order chi connectivity index (χ0) is 19.3. The standard InChI is InChI=1S/C18H23N5O3/c1-5-23(6-2)15-9-8-14(11-19-15)20-16(24)10-7-13-12-21(3)18(26)22(4)17(13)25/h7-12H,5-6H2,1-4H3,(H,20,24). The van der Waals surface area contributed by atoms with Gasteiger partial charge in [0.2, 0.25) is 5.91 Å². The second-order valence-electron chi connectivity index (χ2n) is 5.74. The largest absolute Gasteiger partial charge is 0.357 e. The zero-order valence-electron chi connectivity index (χ0n) is 15.4. The highest BCUT2D eigenvalue weighted by atomic mass is 16.2. The average molecular weight is 357 g/mol. The third-order valence-electron chi connectivity index (χ3n) is 3.99. The molecule has 2 heterocycles. The minimum atomic E-state index is -0.456. The van der Waals surface area contributed by atoms with Crippen LogP contribution in [-0.4, -0.2) is 33.1 Å². The Morgan fingerprint density at radius 1 is 1.23 bits per heavy atom. The van der Waals surface area contributed by atoms with Gasteiger partial charge in [0.05, 0.1) is 17.4 Å². The van der Waals surface area contributed by atoms with E-state index in [0.29, 0.717) is 5.69 Å². The summed E-state index contributed by atoms with van der Waals surface area (Å²) >= 11 is 0. The van der Waals surface area contributed by atoms with Gasteiger partial charge in [0, 0.05) is 39.5 Å². The Hall–Kier alpha value is -3.16. The van der Waals surface area contributed by atoms with Gasteiger partial charge in [-0.2, -0.15) is 0 Å². The average Bonchev–Trinajstić information content (AvgIpc) is 2.64. The first-order valence-corrected chi connectivity index (χ1v) is 8.34. The molecule has 0 saturated carbocycles. The second-order valence-corrected chi connectivity index (χ2v) is 5.74. The highest BCUT2D eigenvalue weighted by molar-refractivity contribution is 6.01. The van der Waals surface area contributed by atoms with Crippen molar-refractivity contribution in [3.8, 4) is 0 Å². The molecule has 2 aromatic rings. The second kappa shape index (κ2) is 8.28. The number of hydrogen-bond donors (Lipinski definition) is 1. The van der Waals surface area contributed by atoms with E-state index in [1.54, 1.807) is 19.3 Å². The molecule has 0 aliphatic rings. The van der Waals surface area contributed by atoms with Gasteiger partial charge in [0.1, 0.15) is 5.82 Å². The summed E-state index contributed by atoms with van der Waals surface area (Å²) in [7, 11) is 2.94. The van der Waals surface area contributed by atoms with Crippen LogP contribution < -0.4 is 21.5 Å². The number of carbonyl (C=O) groups is 1. The van der Waals surface area contributed by atoms with Crippen LogP contribution in [0.15, 0.2) is 40.2 Å². The van der Waals surface area contributed by atoms with Crippen molar-refractivity contribution < 1.29 is 4.79 Å². The van der Waals surface area contributed by atoms with E-state index >= 15 is 0 Å². The molecule has 1 amide bonds. The lowest BCUT2D eigenvalue weighted by Crippen LogP contribution is -2.37. The van der Waals surface area contributed by atoms with Crippen LogP contribution in [0.3, 0.4) is 0 Å². The fraction of sp³-hybridized carbons (Fsp3) is 0.333. The molecule has 1 N–H and O–H groups in total. The van der Waals surface area contributed by atoms with Crippen LogP contribution in [0.25, 0.3) is 6.08 Å². The molecule has 0 fully saturated rings. The van der Waals surface area contributed by atoms with Crippen LogP contribution in [0.4, 0.5) is 11.5 Å². The van der Waals surface area contributed by atoms with E-state index in [9.17, 15) is 14.4 Å². The van der Waals surface area contributed by atoms with Crippen LogP contribution in [0.1, 0.15) is 19.4 Å². The number of carbonyl (C=O) groups excluding carboxylic acids is 1. The maximum absolute atomic E-state index is 12.1. The van der Waals surface area contributed by atoms with Gasteiger partial charge in [0.25, 0.3) is 5.56 Å². The molecule has 26 heavy (non-hydrogen) atoms. The van der Waals surface area contributed by atoms with Crippen molar-refractivity contribution in [2.45, 2.75) is 13.8 Å². The molecule has 0 radical (unpaired) electrons. The Balaban J connectivity index is 2.11. The maximum atomic E-state index is 12.1. The van der Waals surface area contributed by atoms with E-state index in [2.05, 4.69) is 29.0 Å². The Bertz CT molecular complexity index is 921. The van der Waals surface area contributed by atoms with E-state index in [1.807, 2.05) is 6.07 Å². The predicted octanol–water partition coefficient (Wildman–Crippen LogP) is 0.977. The van der Waals surface area contributed by atoms with Crippen molar-refractivity contribution in [2.75, 3.05) is 23.3 Å². The number of anilines is 2. The number of pyridine rings is 1. The molecule has 0 atom stereocenters. The molecular formula is C18H23N5O3. The smallest absolute Gasteiger partial charge is 0.330 e. The summed E-state index contributed by atoms with van der Waals surface area (Å²) in [5, 5.41) is 2.69. The lowest BCUT2D eigenvalue weighted by atomic mass is 10.3. The van der Waals surface area contributed by atoms with Crippen LogP contribution in [0.2, 0.25) is 0 Å². The lowest BCUT2D eigenvalue weighted by molar-refractivity contribution is -0.111. The number of aromatic nitrogens is 3. The molecule has 0 bridgehead atoms. The van der Waals surface area contributed by atoms with Gasteiger partial charge in [-0.1, -0.05) is 0 Å². The highest BCUT2D eigenvalue weighted by Gasteiger charge is 2.06. The van der Waals surface area contributed by atoms with Crippen molar-refractivity contribution in [1.82, 2.24) is 14.1 Å². The quantitative estimate of drug-likeness (QED) is 0.779. The van der Waals surface area contributed by atoms with Crippen LogP contribution in [0, 0.1) is 0 Å². The van der Waals surface area contributed by atoms with E-state index in [1.165, 1.54) is 30.0 Å². The van der Waals surface area contributed by atoms with Gasteiger partial charge >= 0.3 is 5.69 Å². The van der Waals surface area contributed by atoms with Crippen molar-refractivity contribution in [1.29, 1.82) is 0 Å². The molecule has 0 aromatic carbocycles. The van der Waals surface area contributed by atoms with Gasteiger partial charge in [0.15, 0.2) is 0 Å². The van der Waals surface area contributed by atoms with Crippen LogP contribution in [0.5, 0.6) is 0 Å². The van der Waals surface area contributed by atoms with Crippen molar-refractivity contribution in [2.24, 2.45) is 14.1 Å². The van der Waals surface area contributed by atoms with E-state index in [0.717, 1.165) is 23.5 Å². The molecule has 0 unspecified atom stereocenters. The van der Waals surface area contributed by atoms with Gasteiger partial charge < -0.3 is 14.8 Å². The van der Waals surface area contributed by atoms with E-state index < -0.39 is 17.2 Å². The summed E-state index contributed by atoms with van der Waals surface area (Å²) in [6, 6.07) is 3.62. The van der Waals surface area contributed by atoms with Gasteiger partial charge in [-0.3, -0.25) is 14.2 Å². The minimum absolute atomic E-state index is 0.250. The molecule has 0 spiro atoms. The van der Waals surface area contributed by atoms with Gasteiger partial charge in [-0.15, -0.1) is 0 Å².